The van der Waals surface area contributed by atoms with Gasteiger partial charge in [-0.15, -0.1) is 0 Å². The minimum atomic E-state index is -0.413. The predicted molar refractivity (Wildman–Crippen MR) is 56.3 cm³/mol. The highest BCUT2D eigenvalue weighted by Gasteiger charge is 2.27. The first-order chi connectivity index (χ1) is 6.68. The van der Waals surface area contributed by atoms with Crippen molar-refractivity contribution in [1.82, 2.24) is 4.98 Å². The summed E-state index contributed by atoms with van der Waals surface area (Å²) in [5.74, 6) is 0.964. The average molecular weight is 192 g/mol. The van der Waals surface area contributed by atoms with Crippen molar-refractivity contribution < 1.29 is 5.11 Å². The summed E-state index contributed by atoms with van der Waals surface area (Å²) in [6.45, 7) is 1.77. The van der Waals surface area contributed by atoms with Gasteiger partial charge in [0.2, 0.25) is 0 Å². The first-order valence-corrected chi connectivity index (χ1v) is 5.05. The van der Waals surface area contributed by atoms with Crippen LogP contribution in [0.5, 0.6) is 0 Å². The summed E-state index contributed by atoms with van der Waals surface area (Å²) in [6.07, 6.45) is 3.87. The van der Waals surface area contributed by atoms with Gasteiger partial charge in [0.15, 0.2) is 0 Å². The highest BCUT2D eigenvalue weighted by atomic mass is 16.3. The van der Waals surface area contributed by atoms with Crippen LogP contribution in [0.1, 0.15) is 31.4 Å². The quantitative estimate of drug-likeness (QED) is 0.792. The lowest BCUT2D eigenvalue weighted by Crippen LogP contribution is -2.20. The van der Waals surface area contributed by atoms with E-state index in [1.807, 2.05) is 12.1 Å². The van der Waals surface area contributed by atoms with Gasteiger partial charge in [-0.25, -0.2) is 4.98 Å². The Hall–Kier alpha value is -1.09. The lowest BCUT2D eigenvalue weighted by Gasteiger charge is -2.18. The van der Waals surface area contributed by atoms with Crippen molar-refractivity contribution in [2.45, 2.75) is 31.9 Å². The molecule has 1 heterocycles. The van der Waals surface area contributed by atoms with Crippen LogP contribution in [0.4, 0.5) is 5.82 Å². The summed E-state index contributed by atoms with van der Waals surface area (Å²) in [4.78, 5) is 6.48. The molecule has 0 bridgehead atoms. The van der Waals surface area contributed by atoms with Crippen molar-refractivity contribution in [2.75, 3.05) is 11.9 Å². The summed E-state index contributed by atoms with van der Waals surface area (Å²) in [6, 6.07) is 4.48. The topological polar surface area (TPSA) is 36.4 Å². The fourth-order valence-corrected chi connectivity index (χ4v) is 1.54. The van der Waals surface area contributed by atoms with E-state index in [-0.39, 0.29) is 0 Å². The molecule has 0 aromatic carbocycles. The van der Waals surface area contributed by atoms with Crippen molar-refractivity contribution >= 4 is 5.82 Å². The highest BCUT2D eigenvalue weighted by molar-refractivity contribution is 5.43. The second kappa shape index (κ2) is 3.58. The summed E-state index contributed by atoms with van der Waals surface area (Å²) < 4.78 is 0. The Kier molecular flexibility index (Phi) is 2.42. The fraction of sp³-hybridized carbons (Fsp3) is 0.545. The summed E-state index contributed by atoms with van der Waals surface area (Å²) in [5, 5.41) is 9.44. The number of anilines is 1. The molecule has 2 rings (SSSR count). The van der Waals surface area contributed by atoms with E-state index >= 15 is 0 Å². The summed E-state index contributed by atoms with van der Waals surface area (Å²) in [7, 11) is 2.06. The Balaban J connectivity index is 2.20. The Morgan fingerprint density at radius 3 is 2.86 bits per heavy atom. The first kappa shape index (κ1) is 9.46. The summed E-state index contributed by atoms with van der Waals surface area (Å²) >= 11 is 0. The molecule has 3 heteroatoms. The number of hydrogen-bond acceptors (Lipinski definition) is 3. The van der Waals surface area contributed by atoms with Crippen LogP contribution < -0.4 is 4.90 Å². The Bertz CT molecular complexity index is 321. The minimum absolute atomic E-state index is 0.413. The highest BCUT2D eigenvalue weighted by Crippen LogP contribution is 2.29. The molecule has 1 N–H and O–H groups in total. The van der Waals surface area contributed by atoms with Crippen molar-refractivity contribution in [2.24, 2.45) is 0 Å². The third-order valence-corrected chi connectivity index (χ3v) is 2.71. The van der Waals surface area contributed by atoms with Crippen molar-refractivity contribution in [3.8, 4) is 0 Å². The van der Waals surface area contributed by atoms with E-state index in [9.17, 15) is 5.11 Å². The molecule has 0 aliphatic heterocycles. The zero-order chi connectivity index (χ0) is 10.1. The molecule has 76 valence electrons. The molecule has 0 amide bonds. The van der Waals surface area contributed by atoms with Gasteiger partial charge in [0.05, 0.1) is 6.10 Å². The number of nitrogens with zero attached hydrogens (tertiary/aromatic N) is 2. The SMILES string of the molecule is C[C@@H](O)c1ccnc(N(C)C2CC2)c1. The molecule has 1 aromatic heterocycles. The Labute approximate surface area is 84.4 Å². The van der Waals surface area contributed by atoms with Crippen LogP contribution in [-0.4, -0.2) is 23.2 Å². The summed E-state index contributed by atoms with van der Waals surface area (Å²) in [5.41, 5.74) is 0.933. The fourth-order valence-electron chi connectivity index (χ4n) is 1.54. The zero-order valence-electron chi connectivity index (χ0n) is 8.64. The largest absolute Gasteiger partial charge is 0.389 e. The Morgan fingerprint density at radius 2 is 2.29 bits per heavy atom. The van der Waals surface area contributed by atoms with E-state index in [4.69, 9.17) is 0 Å². The molecule has 0 radical (unpaired) electrons. The van der Waals surface area contributed by atoms with Gasteiger partial charge in [0.1, 0.15) is 5.82 Å². The van der Waals surface area contributed by atoms with Gasteiger partial charge in [0.25, 0.3) is 0 Å². The molecule has 1 aliphatic rings. The second-order valence-corrected chi connectivity index (χ2v) is 3.97. The van der Waals surface area contributed by atoms with Gasteiger partial charge < -0.3 is 10.0 Å². The van der Waals surface area contributed by atoms with Crippen molar-refractivity contribution in [3.63, 3.8) is 0 Å². The van der Waals surface area contributed by atoms with Crippen molar-refractivity contribution in [3.05, 3.63) is 23.9 Å². The van der Waals surface area contributed by atoms with Crippen LogP contribution in [0.3, 0.4) is 0 Å². The number of rotatable bonds is 3. The molecule has 1 atom stereocenters. The number of pyridine rings is 1. The maximum absolute atomic E-state index is 9.44. The Morgan fingerprint density at radius 1 is 1.57 bits per heavy atom. The second-order valence-electron chi connectivity index (χ2n) is 3.97. The van der Waals surface area contributed by atoms with Crippen LogP contribution in [0.2, 0.25) is 0 Å². The van der Waals surface area contributed by atoms with Gasteiger partial charge in [-0.3, -0.25) is 0 Å². The van der Waals surface area contributed by atoms with E-state index in [1.165, 1.54) is 12.8 Å². The number of hydrogen-bond donors (Lipinski definition) is 1. The maximum atomic E-state index is 9.44. The van der Waals surface area contributed by atoms with Crippen LogP contribution in [0, 0.1) is 0 Å². The van der Waals surface area contributed by atoms with Crippen LogP contribution in [0.15, 0.2) is 18.3 Å². The molecule has 1 aliphatic carbocycles. The molecule has 0 spiro atoms. The van der Waals surface area contributed by atoms with Gasteiger partial charge in [-0.2, -0.15) is 0 Å². The van der Waals surface area contributed by atoms with E-state index in [1.54, 1.807) is 13.1 Å². The molecule has 14 heavy (non-hydrogen) atoms. The van der Waals surface area contributed by atoms with Gasteiger partial charge in [-0.05, 0) is 37.5 Å². The van der Waals surface area contributed by atoms with E-state index in [0.717, 1.165) is 11.4 Å². The third kappa shape index (κ3) is 1.87. The molecule has 0 unspecified atom stereocenters. The van der Waals surface area contributed by atoms with Crippen LogP contribution in [-0.2, 0) is 0 Å². The normalized spacial score (nSPS) is 17.9. The van der Waals surface area contributed by atoms with Crippen LogP contribution in [0.25, 0.3) is 0 Å². The molecular formula is C11H16N2O. The molecular weight excluding hydrogens is 176 g/mol. The van der Waals surface area contributed by atoms with E-state index in [2.05, 4.69) is 16.9 Å². The standard InChI is InChI=1S/C11H16N2O/c1-8(14)9-5-6-12-11(7-9)13(2)10-3-4-10/h5-8,10,14H,3-4H2,1-2H3/t8-/m1/s1. The average Bonchev–Trinajstić information content (AvgIpc) is 3.00. The van der Waals surface area contributed by atoms with Gasteiger partial charge in [0, 0.05) is 19.3 Å². The third-order valence-electron chi connectivity index (χ3n) is 2.71. The van der Waals surface area contributed by atoms with E-state index in [0.29, 0.717) is 6.04 Å². The molecule has 1 aromatic rings. The maximum Gasteiger partial charge on any atom is 0.128 e. The number of aromatic nitrogens is 1. The van der Waals surface area contributed by atoms with E-state index < -0.39 is 6.10 Å². The molecule has 0 saturated heterocycles. The number of aliphatic hydroxyl groups excluding tert-OH is 1. The van der Waals surface area contributed by atoms with Gasteiger partial charge >= 0.3 is 0 Å². The van der Waals surface area contributed by atoms with Crippen LogP contribution >= 0.6 is 0 Å². The molecule has 1 saturated carbocycles. The first-order valence-electron chi connectivity index (χ1n) is 5.05. The molecule has 1 fully saturated rings. The lowest BCUT2D eigenvalue weighted by atomic mass is 10.2. The monoisotopic (exact) mass is 192 g/mol. The smallest absolute Gasteiger partial charge is 0.128 e. The number of aliphatic hydroxyl groups is 1. The zero-order valence-corrected chi connectivity index (χ0v) is 8.64. The van der Waals surface area contributed by atoms with Gasteiger partial charge in [-0.1, -0.05) is 0 Å². The van der Waals surface area contributed by atoms with Crippen molar-refractivity contribution in [1.29, 1.82) is 0 Å². The predicted octanol–water partition coefficient (Wildman–Crippen LogP) is 1.73. The minimum Gasteiger partial charge on any atom is -0.389 e. The molecule has 3 nitrogen and oxygen atoms in total. The lowest BCUT2D eigenvalue weighted by molar-refractivity contribution is 0.199.